The van der Waals surface area contributed by atoms with E-state index in [4.69, 9.17) is 4.74 Å². The van der Waals surface area contributed by atoms with Gasteiger partial charge in [0.05, 0.1) is 25.9 Å². The van der Waals surface area contributed by atoms with Crippen LogP contribution in [-0.2, 0) is 11.3 Å². The Bertz CT molecular complexity index is 418. The fourth-order valence-corrected chi connectivity index (χ4v) is 2.31. The van der Waals surface area contributed by atoms with Gasteiger partial charge in [-0.25, -0.2) is 4.39 Å². The van der Waals surface area contributed by atoms with Crippen molar-refractivity contribution in [2.45, 2.75) is 37.5 Å². The molecule has 112 valence electrons. The van der Waals surface area contributed by atoms with Crippen molar-refractivity contribution in [3.05, 3.63) is 35.6 Å². The predicted molar refractivity (Wildman–Crippen MR) is 73.7 cm³/mol. The van der Waals surface area contributed by atoms with Crippen LogP contribution < -0.4 is 5.32 Å². The highest BCUT2D eigenvalue weighted by Gasteiger charge is 2.35. The van der Waals surface area contributed by atoms with E-state index in [1.165, 1.54) is 6.07 Å². The summed E-state index contributed by atoms with van der Waals surface area (Å²) in [5, 5.41) is 22.3. The Morgan fingerprint density at radius 1 is 1.35 bits per heavy atom. The summed E-state index contributed by atoms with van der Waals surface area (Å²) in [6.07, 6.45) is 2.32. The minimum absolute atomic E-state index is 0.0931. The molecule has 1 aromatic rings. The summed E-state index contributed by atoms with van der Waals surface area (Å²) in [5.74, 6) is -0.297. The monoisotopic (exact) mass is 283 g/mol. The van der Waals surface area contributed by atoms with Gasteiger partial charge in [0, 0.05) is 17.6 Å². The summed E-state index contributed by atoms with van der Waals surface area (Å²) < 4.78 is 18.7. The number of halogens is 1. The molecule has 1 aliphatic rings. The van der Waals surface area contributed by atoms with Crippen LogP contribution in [0.3, 0.4) is 0 Å². The van der Waals surface area contributed by atoms with Crippen LogP contribution in [0.4, 0.5) is 4.39 Å². The second-order valence-electron chi connectivity index (χ2n) is 5.43. The molecule has 0 bridgehead atoms. The minimum Gasteiger partial charge on any atom is -0.394 e. The van der Waals surface area contributed by atoms with E-state index in [0.717, 1.165) is 19.3 Å². The maximum absolute atomic E-state index is 13.3. The van der Waals surface area contributed by atoms with Gasteiger partial charge in [-0.1, -0.05) is 18.2 Å². The van der Waals surface area contributed by atoms with Gasteiger partial charge in [-0.2, -0.15) is 0 Å². The van der Waals surface area contributed by atoms with Crippen molar-refractivity contribution in [2.24, 2.45) is 0 Å². The number of β-amino-alcohol motifs (C(OH)–C–C–N with tert-alkyl or cyclic N) is 1. The largest absolute Gasteiger partial charge is 0.394 e. The van der Waals surface area contributed by atoms with Gasteiger partial charge >= 0.3 is 0 Å². The topological polar surface area (TPSA) is 61.7 Å². The van der Waals surface area contributed by atoms with E-state index in [1.54, 1.807) is 18.2 Å². The molecule has 1 unspecified atom stereocenters. The summed E-state index contributed by atoms with van der Waals surface area (Å²) in [6, 6.07) is 6.43. The van der Waals surface area contributed by atoms with E-state index in [1.807, 2.05) is 0 Å². The lowest BCUT2D eigenvalue weighted by Gasteiger charge is -2.41. The van der Waals surface area contributed by atoms with Crippen molar-refractivity contribution in [2.75, 3.05) is 19.8 Å². The second-order valence-corrected chi connectivity index (χ2v) is 5.43. The van der Waals surface area contributed by atoms with Crippen LogP contribution in [0.5, 0.6) is 0 Å². The van der Waals surface area contributed by atoms with Crippen molar-refractivity contribution < 1.29 is 19.3 Å². The van der Waals surface area contributed by atoms with Crippen LogP contribution in [0.25, 0.3) is 0 Å². The third-order valence-electron chi connectivity index (χ3n) is 3.85. The van der Waals surface area contributed by atoms with E-state index in [2.05, 4.69) is 5.32 Å². The van der Waals surface area contributed by atoms with Crippen LogP contribution in [-0.4, -0.2) is 41.6 Å². The number of aliphatic hydroxyl groups excluding tert-OH is 2. The van der Waals surface area contributed by atoms with E-state index in [0.29, 0.717) is 12.1 Å². The lowest BCUT2D eigenvalue weighted by molar-refractivity contribution is 0.0127. The van der Waals surface area contributed by atoms with Gasteiger partial charge in [0.15, 0.2) is 0 Å². The standard InChI is InChI=1S/C15H22FNO3/c16-14-5-2-1-4-12(14)9-20-10-13(19)8-17-15(11-18)6-3-7-15/h1-2,4-5,13,17-19H,3,6-11H2. The number of hydrogen-bond donors (Lipinski definition) is 3. The third kappa shape index (κ3) is 3.99. The molecule has 20 heavy (non-hydrogen) atoms. The quantitative estimate of drug-likeness (QED) is 0.671. The first-order valence-corrected chi connectivity index (χ1v) is 7.00. The molecule has 0 aliphatic heterocycles. The molecule has 0 amide bonds. The first-order valence-electron chi connectivity index (χ1n) is 7.00. The molecule has 1 aromatic carbocycles. The molecular formula is C15H22FNO3. The zero-order chi connectivity index (χ0) is 14.4. The highest BCUT2D eigenvalue weighted by atomic mass is 19.1. The van der Waals surface area contributed by atoms with Crippen molar-refractivity contribution in [3.63, 3.8) is 0 Å². The first kappa shape index (κ1) is 15.4. The molecule has 0 aromatic heterocycles. The average Bonchev–Trinajstić information content (AvgIpc) is 2.40. The smallest absolute Gasteiger partial charge is 0.128 e. The van der Waals surface area contributed by atoms with Crippen molar-refractivity contribution in [3.8, 4) is 0 Å². The Morgan fingerprint density at radius 2 is 2.10 bits per heavy atom. The molecule has 0 spiro atoms. The second kappa shape index (κ2) is 7.13. The van der Waals surface area contributed by atoms with Gasteiger partial charge < -0.3 is 20.3 Å². The van der Waals surface area contributed by atoms with Crippen LogP contribution in [0, 0.1) is 5.82 Å². The Labute approximate surface area is 118 Å². The molecule has 0 saturated heterocycles. The molecule has 1 aliphatic carbocycles. The van der Waals surface area contributed by atoms with Crippen LogP contribution in [0.2, 0.25) is 0 Å². The highest BCUT2D eigenvalue weighted by molar-refractivity contribution is 5.16. The number of benzene rings is 1. The Hall–Kier alpha value is -1.01. The summed E-state index contributed by atoms with van der Waals surface area (Å²) in [5.41, 5.74) is 0.269. The fraction of sp³-hybridized carbons (Fsp3) is 0.600. The Kier molecular flexibility index (Phi) is 5.48. The zero-order valence-corrected chi connectivity index (χ0v) is 11.5. The Balaban J connectivity index is 1.65. The maximum Gasteiger partial charge on any atom is 0.128 e. The molecule has 1 saturated carbocycles. The fourth-order valence-electron chi connectivity index (χ4n) is 2.31. The van der Waals surface area contributed by atoms with E-state index < -0.39 is 6.10 Å². The van der Waals surface area contributed by atoms with Gasteiger partial charge in [-0.05, 0) is 25.3 Å². The van der Waals surface area contributed by atoms with E-state index in [9.17, 15) is 14.6 Å². The zero-order valence-electron chi connectivity index (χ0n) is 11.5. The van der Waals surface area contributed by atoms with Gasteiger partial charge in [-0.15, -0.1) is 0 Å². The third-order valence-corrected chi connectivity index (χ3v) is 3.85. The molecule has 4 nitrogen and oxygen atoms in total. The molecule has 1 atom stereocenters. The maximum atomic E-state index is 13.3. The highest BCUT2D eigenvalue weighted by Crippen LogP contribution is 2.30. The van der Waals surface area contributed by atoms with E-state index >= 15 is 0 Å². The molecule has 1 fully saturated rings. The lowest BCUT2D eigenvalue weighted by atomic mass is 9.77. The normalized spacial score (nSPS) is 18.6. The Morgan fingerprint density at radius 3 is 2.70 bits per heavy atom. The summed E-state index contributed by atoms with van der Waals surface area (Å²) in [7, 11) is 0. The summed E-state index contributed by atoms with van der Waals surface area (Å²) in [6.45, 7) is 0.755. The summed E-state index contributed by atoms with van der Waals surface area (Å²) in [4.78, 5) is 0. The minimum atomic E-state index is -0.661. The number of ether oxygens (including phenoxy) is 1. The average molecular weight is 283 g/mol. The number of hydrogen-bond acceptors (Lipinski definition) is 4. The van der Waals surface area contributed by atoms with Crippen LogP contribution in [0.15, 0.2) is 24.3 Å². The van der Waals surface area contributed by atoms with Gasteiger partial charge in [0.25, 0.3) is 0 Å². The summed E-state index contributed by atoms with van der Waals surface area (Å²) >= 11 is 0. The molecular weight excluding hydrogens is 261 g/mol. The van der Waals surface area contributed by atoms with Crippen molar-refractivity contribution in [1.82, 2.24) is 5.32 Å². The molecule has 2 rings (SSSR count). The molecule has 0 radical (unpaired) electrons. The number of aliphatic hydroxyl groups is 2. The number of nitrogens with one attached hydrogen (secondary N) is 1. The van der Waals surface area contributed by atoms with Gasteiger partial charge in [-0.3, -0.25) is 0 Å². The molecule has 3 N–H and O–H groups in total. The number of rotatable bonds is 8. The molecule has 0 heterocycles. The SMILES string of the molecule is OCC1(NCC(O)COCc2ccccc2F)CCC1. The van der Waals surface area contributed by atoms with Gasteiger partial charge in [0.2, 0.25) is 0 Å². The molecule has 5 heteroatoms. The van der Waals surface area contributed by atoms with E-state index in [-0.39, 0.29) is 31.2 Å². The van der Waals surface area contributed by atoms with Crippen LogP contribution in [0.1, 0.15) is 24.8 Å². The van der Waals surface area contributed by atoms with Crippen molar-refractivity contribution in [1.29, 1.82) is 0 Å². The van der Waals surface area contributed by atoms with Crippen molar-refractivity contribution >= 4 is 0 Å². The first-order chi connectivity index (χ1) is 9.65. The lowest BCUT2D eigenvalue weighted by Crippen LogP contribution is -2.56. The van der Waals surface area contributed by atoms with Crippen LogP contribution >= 0.6 is 0 Å². The predicted octanol–water partition coefficient (Wildman–Crippen LogP) is 1.21. The van der Waals surface area contributed by atoms with Gasteiger partial charge in [0.1, 0.15) is 5.82 Å².